The predicted octanol–water partition coefficient (Wildman–Crippen LogP) is 0.776. The minimum atomic E-state index is -0.0335. The Morgan fingerprint density at radius 1 is 1.67 bits per heavy atom. The third kappa shape index (κ3) is 3.57. The van der Waals surface area contributed by atoms with Crippen LogP contribution in [0.2, 0.25) is 0 Å². The first kappa shape index (κ1) is 13.1. The fraction of sp³-hybridized carbons (Fsp3) is 0.692. The first-order valence-corrected chi connectivity index (χ1v) is 6.66. The van der Waals surface area contributed by atoms with Crippen molar-refractivity contribution in [3.05, 3.63) is 18.5 Å². The molecule has 100 valence electrons. The molecule has 18 heavy (non-hydrogen) atoms. The molecular formula is C13H22N4O. The zero-order valence-electron chi connectivity index (χ0n) is 11.1. The molecule has 5 heteroatoms. The van der Waals surface area contributed by atoms with Crippen molar-refractivity contribution < 1.29 is 4.79 Å². The van der Waals surface area contributed by atoms with Crippen LogP contribution >= 0.6 is 0 Å². The molecule has 3 unspecified atom stereocenters. The Balaban J connectivity index is 1.79. The van der Waals surface area contributed by atoms with E-state index in [1.54, 1.807) is 6.20 Å². The minimum Gasteiger partial charge on any atom is -0.350 e. The molecule has 5 nitrogen and oxygen atoms in total. The highest BCUT2D eigenvalue weighted by atomic mass is 16.2. The van der Waals surface area contributed by atoms with Crippen LogP contribution in [0.5, 0.6) is 0 Å². The Labute approximate surface area is 108 Å². The lowest BCUT2D eigenvalue weighted by Crippen LogP contribution is -2.51. The summed E-state index contributed by atoms with van der Waals surface area (Å²) < 4.78 is 1.84. The molecule has 0 saturated carbocycles. The van der Waals surface area contributed by atoms with Crippen molar-refractivity contribution in [3.63, 3.8) is 0 Å². The lowest BCUT2D eigenvalue weighted by Gasteiger charge is -2.28. The van der Waals surface area contributed by atoms with E-state index in [1.807, 2.05) is 23.9 Å². The number of piperidine rings is 1. The molecule has 1 saturated heterocycles. The van der Waals surface area contributed by atoms with Gasteiger partial charge in [0.1, 0.15) is 0 Å². The average molecular weight is 250 g/mol. The second-order valence-electron chi connectivity index (χ2n) is 5.27. The smallest absolute Gasteiger partial charge is 0.237 e. The van der Waals surface area contributed by atoms with Gasteiger partial charge in [-0.1, -0.05) is 6.92 Å². The Kier molecular flexibility index (Phi) is 4.36. The van der Waals surface area contributed by atoms with E-state index in [0.29, 0.717) is 12.5 Å². The number of aromatic nitrogens is 2. The van der Waals surface area contributed by atoms with E-state index < -0.39 is 0 Å². The predicted molar refractivity (Wildman–Crippen MR) is 70.0 cm³/mol. The van der Waals surface area contributed by atoms with Crippen molar-refractivity contribution in [3.8, 4) is 0 Å². The number of hydrogen-bond acceptors (Lipinski definition) is 3. The Hall–Kier alpha value is -1.36. The molecule has 0 aromatic carbocycles. The summed E-state index contributed by atoms with van der Waals surface area (Å²) in [6, 6.07) is 1.95. The van der Waals surface area contributed by atoms with E-state index in [0.717, 1.165) is 19.4 Å². The number of amides is 1. The quantitative estimate of drug-likeness (QED) is 0.830. The van der Waals surface area contributed by atoms with Gasteiger partial charge in [-0.05, 0) is 38.3 Å². The third-order valence-electron chi connectivity index (χ3n) is 3.39. The van der Waals surface area contributed by atoms with Gasteiger partial charge in [-0.2, -0.15) is 5.10 Å². The van der Waals surface area contributed by atoms with Gasteiger partial charge in [-0.15, -0.1) is 0 Å². The highest BCUT2D eigenvalue weighted by molar-refractivity contribution is 5.82. The van der Waals surface area contributed by atoms with E-state index in [4.69, 9.17) is 0 Å². The maximum atomic E-state index is 12.1. The Morgan fingerprint density at radius 2 is 2.50 bits per heavy atom. The fourth-order valence-corrected chi connectivity index (χ4v) is 2.39. The monoisotopic (exact) mass is 250 g/mol. The molecule has 1 aliphatic heterocycles. The van der Waals surface area contributed by atoms with Crippen LogP contribution in [-0.2, 0) is 11.3 Å². The van der Waals surface area contributed by atoms with Crippen LogP contribution in [-0.4, -0.2) is 34.3 Å². The molecule has 0 aliphatic carbocycles. The number of hydrogen-bond donors (Lipinski definition) is 2. The summed E-state index contributed by atoms with van der Waals surface area (Å²) in [6.07, 6.45) is 5.75. The fourth-order valence-electron chi connectivity index (χ4n) is 2.39. The van der Waals surface area contributed by atoms with Crippen molar-refractivity contribution in [1.82, 2.24) is 20.4 Å². The van der Waals surface area contributed by atoms with Crippen molar-refractivity contribution >= 4 is 5.91 Å². The molecule has 0 bridgehead atoms. The molecule has 2 rings (SSSR count). The summed E-state index contributed by atoms with van der Waals surface area (Å²) >= 11 is 0. The number of rotatable bonds is 4. The van der Waals surface area contributed by atoms with Gasteiger partial charge >= 0.3 is 0 Å². The van der Waals surface area contributed by atoms with Gasteiger partial charge in [0.25, 0.3) is 0 Å². The topological polar surface area (TPSA) is 59.0 Å². The lowest BCUT2D eigenvalue weighted by atomic mass is 9.94. The van der Waals surface area contributed by atoms with Crippen LogP contribution in [0.1, 0.15) is 26.7 Å². The third-order valence-corrected chi connectivity index (χ3v) is 3.39. The maximum Gasteiger partial charge on any atom is 0.237 e. The number of carbonyl (C=O) groups excluding carboxylic acids is 1. The molecule has 0 spiro atoms. The van der Waals surface area contributed by atoms with Gasteiger partial charge < -0.3 is 10.6 Å². The summed E-state index contributed by atoms with van der Waals surface area (Å²) in [5, 5.41) is 10.5. The molecule has 2 N–H and O–H groups in total. The lowest BCUT2D eigenvalue weighted by molar-refractivity contribution is -0.124. The van der Waals surface area contributed by atoms with Crippen molar-refractivity contribution in [2.75, 3.05) is 6.54 Å². The van der Waals surface area contributed by atoms with Crippen LogP contribution in [0.25, 0.3) is 0 Å². The first-order chi connectivity index (χ1) is 8.65. The molecule has 2 heterocycles. The highest BCUT2D eigenvalue weighted by Crippen LogP contribution is 2.15. The second kappa shape index (κ2) is 6.00. The molecule has 1 aromatic rings. The van der Waals surface area contributed by atoms with Gasteiger partial charge in [0.05, 0.1) is 12.6 Å². The molecule has 0 radical (unpaired) electrons. The maximum absolute atomic E-state index is 12.1. The normalized spacial score (nSPS) is 25.7. The van der Waals surface area contributed by atoms with Gasteiger partial charge in [-0.25, -0.2) is 0 Å². The summed E-state index contributed by atoms with van der Waals surface area (Å²) in [6.45, 7) is 5.86. The minimum absolute atomic E-state index is 0.0335. The molecule has 1 fully saturated rings. The zero-order valence-corrected chi connectivity index (χ0v) is 11.1. The van der Waals surface area contributed by atoms with E-state index in [2.05, 4.69) is 22.7 Å². The summed E-state index contributed by atoms with van der Waals surface area (Å²) in [5.41, 5.74) is 0. The van der Waals surface area contributed by atoms with Gasteiger partial charge in [0, 0.05) is 18.4 Å². The summed E-state index contributed by atoms with van der Waals surface area (Å²) in [5.74, 6) is 0.740. The van der Waals surface area contributed by atoms with Crippen molar-refractivity contribution in [2.45, 2.75) is 45.3 Å². The van der Waals surface area contributed by atoms with Crippen LogP contribution in [0.3, 0.4) is 0 Å². The first-order valence-electron chi connectivity index (χ1n) is 6.66. The largest absolute Gasteiger partial charge is 0.350 e. The zero-order chi connectivity index (χ0) is 13.0. The number of carbonyl (C=O) groups is 1. The molecule has 1 aromatic heterocycles. The summed E-state index contributed by atoms with van der Waals surface area (Å²) in [4.78, 5) is 12.1. The van der Waals surface area contributed by atoms with Crippen LogP contribution in [0.15, 0.2) is 18.5 Å². The van der Waals surface area contributed by atoms with Crippen molar-refractivity contribution in [2.24, 2.45) is 5.92 Å². The average Bonchev–Trinajstić information content (AvgIpc) is 2.81. The summed E-state index contributed by atoms with van der Waals surface area (Å²) in [7, 11) is 0. The van der Waals surface area contributed by atoms with Gasteiger partial charge in [0.2, 0.25) is 5.91 Å². The Bertz CT molecular complexity index is 376. The standard InChI is InChI=1S/C13H22N4O/c1-10-4-6-14-12(8-10)13(18)16-11(2)9-17-7-3-5-15-17/h3,5,7,10-12,14H,4,6,8-9H2,1-2H3,(H,16,18). The van der Waals surface area contributed by atoms with Crippen LogP contribution in [0.4, 0.5) is 0 Å². The molecule has 3 atom stereocenters. The highest BCUT2D eigenvalue weighted by Gasteiger charge is 2.25. The van der Waals surface area contributed by atoms with Crippen LogP contribution in [0, 0.1) is 5.92 Å². The van der Waals surface area contributed by atoms with E-state index in [1.165, 1.54) is 0 Å². The Morgan fingerprint density at radius 3 is 3.17 bits per heavy atom. The SMILES string of the molecule is CC1CCNC(C(=O)NC(C)Cn2cccn2)C1. The van der Waals surface area contributed by atoms with Crippen LogP contribution < -0.4 is 10.6 Å². The molecule has 1 amide bonds. The van der Waals surface area contributed by atoms with Gasteiger partial charge in [0.15, 0.2) is 0 Å². The number of nitrogens with zero attached hydrogens (tertiary/aromatic N) is 2. The van der Waals surface area contributed by atoms with E-state index in [-0.39, 0.29) is 18.0 Å². The molecular weight excluding hydrogens is 228 g/mol. The number of nitrogens with one attached hydrogen (secondary N) is 2. The van der Waals surface area contributed by atoms with Gasteiger partial charge in [-0.3, -0.25) is 9.48 Å². The van der Waals surface area contributed by atoms with E-state index in [9.17, 15) is 4.79 Å². The van der Waals surface area contributed by atoms with E-state index >= 15 is 0 Å². The molecule has 1 aliphatic rings. The second-order valence-corrected chi connectivity index (χ2v) is 5.27. The van der Waals surface area contributed by atoms with Crippen molar-refractivity contribution in [1.29, 1.82) is 0 Å².